The predicted molar refractivity (Wildman–Crippen MR) is 72.4 cm³/mol. The van der Waals surface area contributed by atoms with E-state index in [0.717, 1.165) is 12.1 Å². The van der Waals surface area contributed by atoms with Crippen LogP contribution in [-0.4, -0.2) is 30.8 Å². The summed E-state index contributed by atoms with van der Waals surface area (Å²) in [5.41, 5.74) is 2.47. The van der Waals surface area contributed by atoms with E-state index in [2.05, 4.69) is 23.6 Å². The lowest BCUT2D eigenvalue weighted by atomic mass is 9.94. The lowest BCUT2D eigenvalue weighted by molar-refractivity contribution is 0.220. The van der Waals surface area contributed by atoms with Crippen molar-refractivity contribution in [2.24, 2.45) is 11.8 Å². The molecule has 0 aliphatic carbocycles. The second-order valence-corrected chi connectivity index (χ2v) is 7.54. The van der Waals surface area contributed by atoms with Crippen molar-refractivity contribution in [2.75, 3.05) is 13.1 Å². The van der Waals surface area contributed by atoms with Crippen LogP contribution in [0.1, 0.15) is 26.0 Å². The van der Waals surface area contributed by atoms with E-state index in [9.17, 15) is 8.42 Å². The van der Waals surface area contributed by atoms with Gasteiger partial charge in [-0.2, -0.15) is 17.4 Å². The number of piperidine rings is 1. The Morgan fingerprint density at radius 3 is 2.67 bits per heavy atom. The summed E-state index contributed by atoms with van der Waals surface area (Å²) < 4.78 is 28.5. The molecule has 2 rings (SSSR count). The minimum atomic E-state index is -3.38. The highest BCUT2D eigenvalue weighted by Gasteiger charge is 2.30. The third-order valence-corrected chi connectivity index (χ3v) is 5.22. The Bertz CT molecular complexity index is 462. The monoisotopic (exact) mass is 289 g/mol. The van der Waals surface area contributed by atoms with Crippen LogP contribution in [0.2, 0.25) is 0 Å². The van der Waals surface area contributed by atoms with Crippen LogP contribution in [0.15, 0.2) is 10.9 Å². The third-order valence-electron chi connectivity index (χ3n) is 3.09. The molecule has 2 atom stereocenters. The predicted octanol–water partition coefficient (Wildman–Crippen LogP) is 1.46. The van der Waals surface area contributed by atoms with Gasteiger partial charge in [-0.15, -0.1) is 11.3 Å². The van der Waals surface area contributed by atoms with Crippen molar-refractivity contribution >= 4 is 21.5 Å². The Kier molecular flexibility index (Phi) is 4.37. The van der Waals surface area contributed by atoms with Gasteiger partial charge in [0.2, 0.25) is 0 Å². The molecule has 0 spiro atoms. The maximum absolute atomic E-state index is 12.2. The molecule has 1 aromatic rings. The van der Waals surface area contributed by atoms with Crippen LogP contribution in [0, 0.1) is 11.8 Å². The highest BCUT2D eigenvalue weighted by molar-refractivity contribution is 7.87. The average molecular weight is 289 g/mol. The molecule has 1 aliphatic rings. The van der Waals surface area contributed by atoms with E-state index in [-0.39, 0.29) is 6.54 Å². The van der Waals surface area contributed by atoms with Gasteiger partial charge in [0.1, 0.15) is 0 Å². The number of rotatable bonds is 4. The fraction of sp³-hybridized carbons (Fsp3) is 0.727. The molecular weight excluding hydrogens is 270 g/mol. The minimum Gasteiger partial charge on any atom is -0.248 e. The standard InChI is InChI=1S/C11H19N3O2S2/c1-9-3-10(2)6-14(5-9)18(15,16)13-4-11-7-17-8-12-11/h7-10,13H,3-6H2,1-2H3. The fourth-order valence-corrected chi connectivity index (χ4v) is 4.36. The van der Waals surface area contributed by atoms with Crippen molar-refractivity contribution in [1.29, 1.82) is 0 Å². The van der Waals surface area contributed by atoms with E-state index >= 15 is 0 Å². The molecule has 1 N–H and O–H groups in total. The number of thiazole rings is 1. The number of nitrogens with zero attached hydrogens (tertiary/aromatic N) is 2. The summed E-state index contributed by atoms with van der Waals surface area (Å²) in [5, 5.41) is 1.85. The molecule has 1 aliphatic heterocycles. The molecule has 0 amide bonds. The Hall–Kier alpha value is -0.500. The van der Waals surface area contributed by atoms with Gasteiger partial charge >= 0.3 is 0 Å². The van der Waals surface area contributed by atoms with E-state index in [4.69, 9.17) is 0 Å². The van der Waals surface area contributed by atoms with Crippen LogP contribution in [0.3, 0.4) is 0 Å². The Morgan fingerprint density at radius 2 is 2.11 bits per heavy atom. The quantitative estimate of drug-likeness (QED) is 0.912. The first-order valence-corrected chi connectivity index (χ1v) is 8.47. The van der Waals surface area contributed by atoms with E-state index in [1.54, 1.807) is 9.82 Å². The number of nitrogens with one attached hydrogen (secondary N) is 1. The first-order chi connectivity index (χ1) is 8.47. The summed E-state index contributed by atoms with van der Waals surface area (Å²) in [6, 6.07) is 0. The molecule has 1 saturated heterocycles. The molecule has 0 radical (unpaired) electrons. The first kappa shape index (κ1) is 13.9. The van der Waals surface area contributed by atoms with Crippen molar-refractivity contribution in [2.45, 2.75) is 26.8 Å². The lowest BCUT2D eigenvalue weighted by Gasteiger charge is -2.33. The van der Waals surface area contributed by atoms with E-state index in [1.165, 1.54) is 11.3 Å². The van der Waals surface area contributed by atoms with Gasteiger partial charge in [0.05, 0.1) is 17.7 Å². The maximum Gasteiger partial charge on any atom is 0.279 e. The molecule has 0 aromatic carbocycles. The highest BCUT2D eigenvalue weighted by atomic mass is 32.2. The van der Waals surface area contributed by atoms with Gasteiger partial charge in [-0.1, -0.05) is 13.8 Å². The van der Waals surface area contributed by atoms with Crippen molar-refractivity contribution < 1.29 is 8.42 Å². The molecule has 2 heterocycles. The number of aromatic nitrogens is 1. The second kappa shape index (κ2) is 5.64. The topological polar surface area (TPSA) is 62.3 Å². The van der Waals surface area contributed by atoms with Gasteiger partial charge in [-0.05, 0) is 18.3 Å². The van der Waals surface area contributed by atoms with Crippen LogP contribution in [0.25, 0.3) is 0 Å². The van der Waals surface area contributed by atoms with Crippen molar-refractivity contribution in [1.82, 2.24) is 14.0 Å². The molecule has 5 nitrogen and oxygen atoms in total. The molecule has 1 aromatic heterocycles. The second-order valence-electron chi connectivity index (χ2n) is 5.07. The zero-order chi connectivity index (χ0) is 13.2. The Morgan fingerprint density at radius 1 is 1.44 bits per heavy atom. The van der Waals surface area contributed by atoms with Gasteiger partial charge in [-0.25, -0.2) is 4.98 Å². The van der Waals surface area contributed by atoms with Gasteiger partial charge in [0, 0.05) is 18.5 Å². The average Bonchev–Trinajstić information content (AvgIpc) is 2.78. The largest absolute Gasteiger partial charge is 0.279 e. The molecule has 102 valence electrons. The number of hydrogen-bond acceptors (Lipinski definition) is 4. The smallest absolute Gasteiger partial charge is 0.248 e. The van der Waals surface area contributed by atoms with Crippen molar-refractivity contribution in [3.8, 4) is 0 Å². The SMILES string of the molecule is CC1CC(C)CN(S(=O)(=O)NCc2cscn2)C1. The summed E-state index contributed by atoms with van der Waals surface area (Å²) in [6.45, 7) is 5.68. The first-order valence-electron chi connectivity index (χ1n) is 6.09. The Balaban J connectivity index is 1.97. The van der Waals surface area contributed by atoms with Gasteiger partial charge in [0.25, 0.3) is 10.2 Å². The molecule has 7 heteroatoms. The van der Waals surface area contributed by atoms with Gasteiger partial charge < -0.3 is 0 Å². The summed E-state index contributed by atoms with van der Waals surface area (Å²) in [7, 11) is -3.38. The zero-order valence-corrected chi connectivity index (χ0v) is 12.3. The third kappa shape index (κ3) is 3.50. The van der Waals surface area contributed by atoms with Gasteiger partial charge in [0.15, 0.2) is 0 Å². The Labute approximate surface area is 112 Å². The molecule has 0 saturated carbocycles. The zero-order valence-electron chi connectivity index (χ0n) is 10.7. The van der Waals surface area contributed by atoms with Gasteiger partial charge in [-0.3, -0.25) is 0 Å². The molecule has 0 bridgehead atoms. The van der Waals surface area contributed by atoms with Crippen molar-refractivity contribution in [3.05, 3.63) is 16.6 Å². The summed E-state index contributed by atoms with van der Waals surface area (Å²) >= 11 is 1.47. The van der Waals surface area contributed by atoms with E-state index < -0.39 is 10.2 Å². The molecule has 1 fully saturated rings. The number of hydrogen-bond donors (Lipinski definition) is 1. The molecule has 2 unspecified atom stereocenters. The normalized spacial score (nSPS) is 26.3. The maximum atomic E-state index is 12.2. The van der Waals surface area contributed by atoms with Crippen LogP contribution < -0.4 is 4.72 Å². The fourth-order valence-electron chi connectivity index (χ4n) is 2.38. The van der Waals surface area contributed by atoms with E-state index in [1.807, 2.05) is 5.38 Å². The van der Waals surface area contributed by atoms with Crippen LogP contribution in [0.5, 0.6) is 0 Å². The van der Waals surface area contributed by atoms with Crippen LogP contribution >= 0.6 is 11.3 Å². The lowest BCUT2D eigenvalue weighted by Crippen LogP contribution is -2.47. The van der Waals surface area contributed by atoms with E-state index in [0.29, 0.717) is 24.9 Å². The van der Waals surface area contributed by atoms with Crippen LogP contribution in [-0.2, 0) is 16.8 Å². The molecular formula is C11H19N3O2S2. The van der Waals surface area contributed by atoms with Crippen LogP contribution in [0.4, 0.5) is 0 Å². The summed E-state index contributed by atoms with van der Waals surface area (Å²) in [6.07, 6.45) is 1.10. The molecule has 18 heavy (non-hydrogen) atoms. The minimum absolute atomic E-state index is 0.269. The summed E-state index contributed by atoms with van der Waals surface area (Å²) in [5.74, 6) is 0.842. The van der Waals surface area contributed by atoms with Crippen molar-refractivity contribution in [3.63, 3.8) is 0 Å². The highest BCUT2D eigenvalue weighted by Crippen LogP contribution is 2.22. The summed E-state index contributed by atoms with van der Waals surface area (Å²) in [4.78, 5) is 4.07.